The van der Waals surface area contributed by atoms with Crippen LogP contribution in [0.4, 0.5) is 0 Å². The van der Waals surface area contributed by atoms with E-state index >= 15 is 0 Å². The summed E-state index contributed by atoms with van der Waals surface area (Å²) in [6.07, 6.45) is 2.65. The van der Waals surface area contributed by atoms with Crippen LogP contribution in [-0.2, 0) is 5.41 Å². The summed E-state index contributed by atoms with van der Waals surface area (Å²) in [5, 5.41) is 3.39. The van der Waals surface area contributed by atoms with Gasteiger partial charge in [0.05, 0.1) is 10.7 Å². The summed E-state index contributed by atoms with van der Waals surface area (Å²) in [4.78, 5) is 4.65. The van der Waals surface area contributed by atoms with Crippen LogP contribution in [0.5, 0.6) is 0 Å². The molecule has 1 aliphatic rings. The third-order valence-corrected chi connectivity index (χ3v) is 3.83. The highest BCUT2D eigenvalue weighted by atomic mass is 32.1. The van der Waals surface area contributed by atoms with Gasteiger partial charge >= 0.3 is 0 Å². The minimum absolute atomic E-state index is 0.0534. The first kappa shape index (κ1) is 9.16. The Kier molecular flexibility index (Phi) is 2.16. The van der Waals surface area contributed by atoms with Gasteiger partial charge in [-0.25, -0.2) is 4.98 Å². The molecular weight excluding hydrogens is 180 g/mol. The molecule has 1 aromatic heterocycles. The van der Waals surface area contributed by atoms with Crippen molar-refractivity contribution in [1.29, 1.82) is 0 Å². The average molecular weight is 196 g/mol. The zero-order valence-electron chi connectivity index (χ0n) is 8.21. The fourth-order valence-electron chi connectivity index (χ4n) is 1.25. The van der Waals surface area contributed by atoms with Crippen LogP contribution < -0.4 is 5.73 Å². The van der Waals surface area contributed by atoms with Crippen molar-refractivity contribution in [3.63, 3.8) is 0 Å². The van der Waals surface area contributed by atoms with Crippen LogP contribution in [0.3, 0.4) is 0 Å². The van der Waals surface area contributed by atoms with Crippen LogP contribution in [0.2, 0.25) is 0 Å². The minimum atomic E-state index is 0.0534. The van der Waals surface area contributed by atoms with Gasteiger partial charge < -0.3 is 5.73 Å². The van der Waals surface area contributed by atoms with E-state index in [4.69, 9.17) is 5.73 Å². The fourth-order valence-corrected chi connectivity index (χ4v) is 2.29. The van der Waals surface area contributed by atoms with Gasteiger partial charge in [0, 0.05) is 23.3 Å². The first-order valence-corrected chi connectivity index (χ1v) is 5.67. The minimum Gasteiger partial charge on any atom is -0.330 e. The predicted octanol–water partition coefficient (Wildman–Crippen LogP) is 2.26. The van der Waals surface area contributed by atoms with Gasteiger partial charge in [0.1, 0.15) is 0 Å². The third-order valence-electron chi connectivity index (χ3n) is 2.61. The summed E-state index contributed by atoms with van der Waals surface area (Å²) < 4.78 is 0. The molecule has 0 bridgehead atoms. The average Bonchev–Trinajstić information content (AvgIpc) is 2.83. The van der Waals surface area contributed by atoms with Crippen LogP contribution in [0.1, 0.15) is 43.3 Å². The molecule has 3 heteroatoms. The van der Waals surface area contributed by atoms with E-state index in [-0.39, 0.29) is 5.41 Å². The van der Waals surface area contributed by atoms with E-state index in [1.54, 1.807) is 11.3 Å². The van der Waals surface area contributed by atoms with E-state index in [0.29, 0.717) is 6.54 Å². The summed E-state index contributed by atoms with van der Waals surface area (Å²) >= 11 is 1.76. The molecule has 0 unspecified atom stereocenters. The van der Waals surface area contributed by atoms with Crippen LogP contribution in [0, 0.1) is 0 Å². The van der Waals surface area contributed by atoms with Gasteiger partial charge in [-0.1, -0.05) is 13.8 Å². The number of nitrogens with two attached hydrogens (primary N) is 1. The molecule has 0 aromatic carbocycles. The monoisotopic (exact) mass is 196 g/mol. The highest BCUT2D eigenvalue weighted by Gasteiger charge is 2.29. The van der Waals surface area contributed by atoms with E-state index in [2.05, 4.69) is 24.2 Å². The summed E-state index contributed by atoms with van der Waals surface area (Å²) in [6.45, 7) is 4.98. The lowest BCUT2D eigenvalue weighted by Crippen LogP contribution is -2.27. The second-order valence-electron chi connectivity index (χ2n) is 4.44. The quantitative estimate of drug-likeness (QED) is 0.805. The zero-order chi connectivity index (χ0) is 9.47. The van der Waals surface area contributed by atoms with Crippen molar-refractivity contribution in [2.75, 3.05) is 6.54 Å². The largest absolute Gasteiger partial charge is 0.330 e. The Morgan fingerprint density at radius 1 is 1.62 bits per heavy atom. The van der Waals surface area contributed by atoms with E-state index in [9.17, 15) is 0 Å². The second-order valence-corrected chi connectivity index (χ2v) is 5.30. The van der Waals surface area contributed by atoms with Crippen molar-refractivity contribution in [2.24, 2.45) is 5.73 Å². The molecule has 1 aliphatic carbocycles. The molecule has 0 amide bonds. The highest BCUT2D eigenvalue weighted by molar-refractivity contribution is 7.09. The number of aromatic nitrogens is 1. The molecular formula is C10H16N2S. The normalized spacial score (nSPS) is 17.8. The van der Waals surface area contributed by atoms with Crippen molar-refractivity contribution in [1.82, 2.24) is 4.98 Å². The van der Waals surface area contributed by atoms with Crippen molar-refractivity contribution >= 4 is 11.3 Å². The Morgan fingerprint density at radius 2 is 2.31 bits per heavy atom. The predicted molar refractivity (Wildman–Crippen MR) is 56.2 cm³/mol. The standard InChI is InChI=1S/C10H16N2S/c1-10(2,6-11)9-12-8(5-13-9)7-3-4-7/h5,7H,3-4,6,11H2,1-2H3. The molecule has 0 atom stereocenters. The Labute approximate surface area is 83.2 Å². The van der Waals surface area contributed by atoms with E-state index in [1.165, 1.54) is 23.5 Å². The van der Waals surface area contributed by atoms with E-state index in [1.807, 2.05) is 0 Å². The molecule has 13 heavy (non-hydrogen) atoms. The Balaban J connectivity index is 2.20. The molecule has 1 fully saturated rings. The number of hydrogen-bond acceptors (Lipinski definition) is 3. The fraction of sp³-hybridized carbons (Fsp3) is 0.700. The van der Waals surface area contributed by atoms with Crippen LogP contribution in [-0.4, -0.2) is 11.5 Å². The maximum Gasteiger partial charge on any atom is 0.0997 e. The van der Waals surface area contributed by atoms with Gasteiger partial charge in [0.15, 0.2) is 0 Å². The van der Waals surface area contributed by atoms with Gasteiger partial charge in [-0.2, -0.15) is 0 Å². The number of hydrogen-bond donors (Lipinski definition) is 1. The first-order valence-electron chi connectivity index (χ1n) is 4.79. The highest BCUT2D eigenvalue weighted by Crippen LogP contribution is 2.41. The van der Waals surface area contributed by atoms with Gasteiger partial charge in [-0.15, -0.1) is 11.3 Å². The molecule has 2 N–H and O–H groups in total. The molecule has 2 rings (SSSR count). The summed E-state index contributed by atoms with van der Waals surface area (Å²) in [5.41, 5.74) is 7.05. The van der Waals surface area contributed by atoms with Gasteiger partial charge in [0.2, 0.25) is 0 Å². The number of thiazole rings is 1. The molecule has 2 nitrogen and oxygen atoms in total. The Morgan fingerprint density at radius 3 is 2.85 bits per heavy atom. The van der Waals surface area contributed by atoms with Crippen molar-refractivity contribution in [2.45, 2.75) is 38.0 Å². The molecule has 0 radical (unpaired) electrons. The topological polar surface area (TPSA) is 38.9 Å². The molecule has 1 saturated carbocycles. The third kappa shape index (κ3) is 1.76. The zero-order valence-corrected chi connectivity index (χ0v) is 9.03. The smallest absolute Gasteiger partial charge is 0.0997 e. The summed E-state index contributed by atoms with van der Waals surface area (Å²) in [6, 6.07) is 0. The Bertz CT molecular complexity index is 300. The Hall–Kier alpha value is -0.410. The van der Waals surface area contributed by atoms with Crippen molar-refractivity contribution < 1.29 is 0 Å². The summed E-state index contributed by atoms with van der Waals surface area (Å²) in [7, 11) is 0. The van der Waals surface area contributed by atoms with Gasteiger partial charge in [0.25, 0.3) is 0 Å². The second kappa shape index (κ2) is 3.07. The number of nitrogens with zero attached hydrogens (tertiary/aromatic N) is 1. The van der Waals surface area contributed by atoms with Crippen molar-refractivity contribution in [3.05, 3.63) is 16.1 Å². The maximum absolute atomic E-state index is 5.71. The lowest BCUT2D eigenvalue weighted by molar-refractivity contribution is 0.534. The van der Waals surface area contributed by atoms with Crippen LogP contribution >= 0.6 is 11.3 Å². The maximum atomic E-state index is 5.71. The lowest BCUT2D eigenvalue weighted by atomic mass is 9.95. The van der Waals surface area contributed by atoms with Crippen LogP contribution in [0.15, 0.2) is 5.38 Å². The van der Waals surface area contributed by atoms with E-state index < -0.39 is 0 Å². The molecule has 0 saturated heterocycles. The molecule has 1 heterocycles. The first-order chi connectivity index (χ1) is 6.13. The number of rotatable bonds is 3. The molecule has 1 aromatic rings. The molecule has 0 spiro atoms. The van der Waals surface area contributed by atoms with Crippen LogP contribution in [0.25, 0.3) is 0 Å². The molecule has 72 valence electrons. The van der Waals surface area contributed by atoms with Crippen molar-refractivity contribution in [3.8, 4) is 0 Å². The van der Waals surface area contributed by atoms with Gasteiger partial charge in [-0.05, 0) is 12.8 Å². The summed E-state index contributed by atoms with van der Waals surface area (Å²) in [5.74, 6) is 0.763. The van der Waals surface area contributed by atoms with Gasteiger partial charge in [-0.3, -0.25) is 0 Å². The SMILES string of the molecule is CC(C)(CN)c1nc(C2CC2)cs1. The van der Waals surface area contributed by atoms with E-state index in [0.717, 1.165) is 5.92 Å². The molecule has 0 aliphatic heterocycles. The lowest BCUT2D eigenvalue weighted by Gasteiger charge is -2.18.